The van der Waals surface area contributed by atoms with Crippen LogP contribution < -0.4 is 10.6 Å². The van der Waals surface area contributed by atoms with Crippen LogP contribution in [0.15, 0.2) is 12.3 Å². The van der Waals surface area contributed by atoms with E-state index < -0.39 is 17.2 Å². The van der Waals surface area contributed by atoms with Gasteiger partial charge in [-0.2, -0.15) is 0 Å². The van der Waals surface area contributed by atoms with Gasteiger partial charge < -0.3 is 20.3 Å². The summed E-state index contributed by atoms with van der Waals surface area (Å²) in [5, 5.41) is 6.85. The average molecular weight is 503 g/mol. The summed E-state index contributed by atoms with van der Waals surface area (Å²) in [6.45, 7) is 14.1. The molecule has 0 aliphatic carbocycles. The molecule has 0 atom stereocenters. The van der Waals surface area contributed by atoms with Gasteiger partial charge in [0.05, 0.1) is 0 Å². The molecule has 1 fully saturated rings. The second-order valence-electron chi connectivity index (χ2n) is 10.6. The minimum atomic E-state index is -1.06. The zero-order valence-electron chi connectivity index (χ0n) is 21.9. The fourth-order valence-electron chi connectivity index (χ4n) is 4.02. The van der Waals surface area contributed by atoms with E-state index in [2.05, 4.69) is 22.5 Å². The molecular formula is C25H38N6O3S. The van der Waals surface area contributed by atoms with E-state index in [-0.39, 0.29) is 11.8 Å². The molecule has 2 N–H and O–H groups in total. The summed E-state index contributed by atoms with van der Waals surface area (Å²) < 4.78 is 5.33. The van der Waals surface area contributed by atoms with Gasteiger partial charge in [-0.1, -0.05) is 13.3 Å². The first-order chi connectivity index (χ1) is 16.4. The highest BCUT2D eigenvalue weighted by molar-refractivity contribution is 7.15. The van der Waals surface area contributed by atoms with E-state index in [1.54, 1.807) is 50.9 Å². The molecule has 10 heteroatoms. The lowest BCUT2D eigenvalue weighted by atomic mass is 9.93. The number of amides is 2. The Bertz CT molecular complexity index is 1040. The summed E-state index contributed by atoms with van der Waals surface area (Å²) in [6, 6.07) is 1.99. The SMILES string of the molecule is CCCc1cc(Nc2ncc(C)s2)nc(C2CCN(C(=O)C(C)(C)NC(=O)OC(C)(C)C)CC2)n1. The molecule has 2 aromatic rings. The Morgan fingerprint density at radius 2 is 1.86 bits per heavy atom. The van der Waals surface area contributed by atoms with E-state index in [1.165, 1.54) is 0 Å². The van der Waals surface area contributed by atoms with Gasteiger partial charge in [0.1, 0.15) is 22.8 Å². The molecule has 1 aliphatic heterocycles. The maximum absolute atomic E-state index is 13.2. The highest BCUT2D eigenvalue weighted by Gasteiger charge is 2.37. The number of nitrogens with zero attached hydrogens (tertiary/aromatic N) is 4. The number of thiazole rings is 1. The van der Waals surface area contributed by atoms with Crippen LogP contribution in [-0.2, 0) is 16.0 Å². The van der Waals surface area contributed by atoms with Crippen LogP contribution in [0.4, 0.5) is 15.7 Å². The van der Waals surface area contributed by atoms with Crippen molar-refractivity contribution in [1.29, 1.82) is 0 Å². The second-order valence-corrected chi connectivity index (χ2v) is 11.8. The van der Waals surface area contributed by atoms with Crippen LogP contribution in [0.5, 0.6) is 0 Å². The summed E-state index contributed by atoms with van der Waals surface area (Å²) in [4.78, 5) is 42.4. The predicted molar refractivity (Wildman–Crippen MR) is 138 cm³/mol. The molecule has 192 valence electrons. The number of hydrogen-bond donors (Lipinski definition) is 2. The highest BCUT2D eigenvalue weighted by atomic mass is 32.1. The van der Waals surface area contributed by atoms with Gasteiger partial charge in [0, 0.05) is 41.8 Å². The minimum Gasteiger partial charge on any atom is -0.444 e. The maximum Gasteiger partial charge on any atom is 0.408 e. The predicted octanol–water partition coefficient (Wildman–Crippen LogP) is 4.95. The summed E-state index contributed by atoms with van der Waals surface area (Å²) >= 11 is 1.59. The number of aromatic nitrogens is 3. The topological polar surface area (TPSA) is 109 Å². The molecule has 3 rings (SSSR count). The lowest BCUT2D eigenvalue weighted by Crippen LogP contribution is -2.57. The Hall–Kier alpha value is -2.75. The number of aryl methyl sites for hydroxylation is 2. The third-order valence-corrected chi connectivity index (χ3v) is 6.48. The first-order valence-electron chi connectivity index (χ1n) is 12.2. The van der Waals surface area contributed by atoms with Crippen LogP contribution in [0.1, 0.15) is 83.1 Å². The number of hydrogen-bond acceptors (Lipinski definition) is 8. The molecule has 3 heterocycles. The first kappa shape index (κ1) is 26.8. The van der Waals surface area contributed by atoms with Gasteiger partial charge in [0.2, 0.25) is 5.91 Å². The van der Waals surface area contributed by atoms with E-state index in [9.17, 15) is 9.59 Å². The van der Waals surface area contributed by atoms with E-state index in [1.807, 2.05) is 19.2 Å². The molecule has 0 spiro atoms. The van der Waals surface area contributed by atoms with Crippen molar-refractivity contribution in [3.63, 3.8) is 0 Å². The quantitative estimate of drug-likeness (QED) is 0.551. The van der Waals surface area contributed by atoms with Gasteiger partial charge in [-0.05, 0) is 60.8 Å². The molecule has 1 aliphatic rings. The van der Waals surface area contributed by atoms with Crippen molar-refractivity contribution in [1.82, 2.24) is 25.2 Å². The van der Waals surface area contributed by atoms with Crippen molar-refractivity contribution >= 4 is 34.3 Å². The smallest absolute Gasteiger partial charge is 0.408 e. The van der Waals surface area contributed by atoms with Gasteiger partial charge in [-0.3, -0.25) is 4.79 Å². The molecule has 0 unspecified atom stereocenters. The van der Waals surface area contributed by atoms with Crippen LogP contribution in [0.3, 0.4) is 0 Å². The summed E-state index contributed by atoms with van der Waals surface area (Å²) in [6.07, 6.45) is 4.65. The summed E-state index contributed by atoms with van der Waals surface area (Å²) in [5.41, 5.74) is -0.676. The number of rotatable bonds is 7. The number of ether oxygens (including phenoxy) is 1. The van der Waals surface area contributed by atoms with Crippen LogP contribution in [-0.4, -0.2) is 56.1 Å². The molecular weight excluding hydrogens is 464 g/mol. The van der Waals surface area contributed by atoms with Gasteiger partial charge in [-0.25, -0.2) is 19.7 Å². The van der Waals surface area contributed by atoms with Crippen molar-refractivity contribution in [2.24, 2.45) is 0 Å². The minimum absolute atomic E-state index is 0.121. The van der Waals surface area contributed by atoms with Gasteiger partial charge in [0.15, 0.2) is 5.13 Å². The molecule has 35 heavy (non-hydrogen) atoms. The summed E-state index contributed by atoms with van der Waals surface area (Å²) in [7, 11) is 0. The third-order valence-electron chi connectivity index (χ3n) is 5.65. The zero-order chi connectivity index (χ0) is 25.8. The van der Waals surface area contributed by atoms with Crippen molar-refractivity contribution in [3.05, 3.63) is 28.7 Å². The molecule has 0 bridgehead atoms. The number of anilines is 2. The van der Waals surface area contributed by atoms with Crippen LogP contribution in [0.25, 0.3) is 0 Å². The van der Waals surface area contributed by atoms with Crippen molar-refractivity contribution in [2.45, 2.75) is 91.2 Å². The number of piperidine rings is 1. The standard InChI is InChI=1S/C25H38N6O3S/c1-8-9-18-14-19(29-22-26-15-16(2)35-22)28-20(27-18)17-10-12-31(13-11-17)21(32)25(6,7)30-23(33)34-24(3,4)5/h14-15,17H,8-13H2,1-7H3,(H,30,33)(H,26,27,28,29). The second kappa shape index (κ2) is 10.9. The molecule has 0 aromatic carbocycles. The number of carbonyl (C=O) groups is 2. The number of alkyl carbamates (subject to hydrolysis) is 1. The van der Waals surface area contributed by atoms with E-state index in [0.29, 0.717) is 13.1 Å². The molecule has 0 saturated carbocycles. The normalized spacial score (nSPS) is 15.1. The van der Waals surface area contributed by atoms with Gasteiger partial charge in [-0.15, -0.1) is 11.3 Å². The largest absolute Gasteiger partial charge is 0.444 e. The first-order valence-corrected chi connectivity index (χ1v) is 13.1. The van der Waals surface area contributed by atoms with Gasteiger partial charge >= 0.3 is 6.09 Å². The molecule has 9 nitrogen and oxygen atoms in total. The Balaban J connectivity index is 1.66. The third kappa shape index (κ3) is 7.62. The van der Waals surface area contributed by atoms with Crippen molar-refractivity contribution in [3.8, 4) is 0 Å². The molecule has 1 saturated heterocycles. The number of likely N-dealkylation sites (tertiary alicyclic amines) is 1. The monoisotopic (exact) mass is 502 g/mol. The van der Waals surface area contributed by atoms with Gasteiger partial charge in [0.25, 0.3) is 0 Å². The Kier molecular flexibility index (Phi) is 8.35. The van der Waals surface area contributed by atoms with Crippen molar-refractivity contribution < 1.29 is 14.3 Å². The Labute approximate surface area is 212 Å². The van der Waals surface area contributed by atoms with Crippen LogP contribution in [0.2, 0.25) is 0 Å². The molecule has 0 radical (unpaired) electrons. The maximum atomic E-state index is 13.2. The lowest BCUT2D eigenvalue weighted by molar-refractivity contribution is -0.138. The lowest BCUT2D eigenvalue weighted by Gasteiger charge is -2.37. The fraction of sp³-hybridized carbons (Fsp3) is 0.640. The zero-order valence-corrected chi connectivity index (χ0v) is 22.7. The van der Waals surface area contributed by atoms with Crippen molar-refractivity contribution in [2.75, 3.05) is 18.4 Å². The number of nitrogens with one attached hydrogen (secondary N) is 2. The van der Waals surface area contributed by atoms with E-state index in [4.69, 9.17) is 14.7 Å². The Morgan fingerprint density at radius 1 is 1.17 bits per heavy atom. The van der Waals surface area contributed by atoms with Crippen LogP contribution >= 0.6 is 11.3 Å². The summed E-state index contributed by atoms with van der Waals surface area (Å²) in [5.74, 6) is 1.61. The highest BCUT2D eigenvalue weighted by Crippen LogP contribution is 2.29. The van der Waals surface area contributed by atoms with E-state index in [0.717, 1.165) is 53.0 Å². The van der Waals surface area contributed by atoms with E-state index >= 15 is 0 Å². The van der Waals surface area contributed by atoms with Crippen LogP contribution in [0, 0.1) is 6.92 Å². The Morgan fingerprint density at radius 3 is 2.43 bits per heavy atom. The molecule has 2 amide bonds. The average Bonchev–Trinajstić information content (AvgIpc) is 3.16. The number of carbonyl (C=O) groups excluding carboxylic acids is 2. The fourth-order valence-corrected chi connectivity index (χ4v) is 4.69. The molecule has 2 aromatic heterocycles.